The fourth-order valence-corrected chi connectivity index (χ4v) is 4.35. The number of hydrogen-bond donors (Lipinski definition) is 1. The molecule has 37 heavy (non-hydrogen) atoms. The number of nitrogens with one attached hydrogen (secondary N) is 1. The smallest absolute Gasteiger partial charge is 0.335 e. The Morgan fingerprint density at radius 3 is 2.32 bits per heavy atom. The number of benzene rings is 3. The van der Waals surface area contributed by atoms with E-state index in [1.165, 1.54) is 18.7 Å². The third kappa shape index (κ3) is 5.83. The minimum atomic E-state index is -0.827. The van der Waals surface area contributed by atoms with Gasteiger partial charge in [-0.05, 0) is 83.4 Å². The van der Waals surface area contributed by atoms with E-state index in [1.54, 1.807) is 36.4 Å². The number of methoxy groups -OCH3 is 1. The first kappa shape index (κ1) is 26.0. The van der Waals surface area contributed by atoms with Crippen LogP contribution in [0.1, 0.15) is 23.6 Å². The summed E-state index contributed by atoms with van der Waals surface area (Å²) in [5, 5.41) is 2.23. The molecule has 0 aliphatic carbocycles. The Bertz CT molecular complexity index is 1370. The van der Waals surface area contributed by atoms with Gasteiger partial charge in [-0.15, -0.1) is 0 Å². The monoisotopic (exact) mass is 564 g/mol. The Morgan fingerprint density at radius 2 is 1.68 bits per heavy atom. The second-order valence-electron chi connectivity index (χ2n) is 8.19. The molecule has 4 amide bonds. The van der Waals surface area contributed by atoms with E-state index in [9.17, 15) is 14.4 Å². The number of hydrogen-bond acceptors (Lipinski definition) is 6. The van der Waals surface area contributed by atoms with Crippen LogP contribution in [0.4, 0.5) is 10.5 Å². The summed E-state index contributed by atoms with van der Waals surface area (Å²) in [6.07, 6.45) is 1.41. The number of carbonyl (C=O) groups excluding carboxylic acids is 3. The molecule has 9 heteroatoms. The van der Waals surface area contributed by atoms with Crippen LogP contribution in [0, 0.1) is 6.92 Å². The van der Waals surface area contributed by atoms with Crippen LogP contribution in [0.2, 0.25) is 0 Å². The highest BCUT2D eigenvalue weighted by atomic mass is 79.9. The van der Waals surface area contributed by atoms with E-state index in [0.29, 0.717) is 46.2 Å². The number of nitrogens with zero attached hydrogens (tertiary/aromatic N) is 1. The molecule has 1 saturated heterocycles. The number of rotatable bonds is 8. The molecular formula is C28H25BrN2O6. The fourth-order valence-electron chi connectivity index (χ4n) is 3.73. The van der Waals surface area contributed by atoms with Gasteiger partial charge in [-0.25, -0.2) is 9.69 Å². The van der Waals surface area contributed by atoms with Crippen molar-refractivity contribution in [3.05, 3.63) is 87.4 Å². The van der Waals surface area contributed by atoms with E-state index in [-0.39, 0.29) is 5.57 Å². The predicted octanol–water partition coefficient (Wildman–Crippen LogP) is 5.41. The molecule has 4 rings (SSSR count). The van der Waals surface area contributed by atoms with Crippen molar-refractivity contribution >= 4 is 45.5 Å². The Kier molecular flexibility index (Phi) is 7.93. The van der Waals surface area contributed by atoms with Gasteiger partial charge in [-0.3, -0.25) is 14.9 Å². The van der Waals surface area contributed by atoms with Gasteiger partial charge in [0, 0.05) is 0 Å². The quantitative estimate of drug-likeness (QED) is 0.290. The van der Waals surface area contributed by atoms with Crippen molar-refractivity contribution in [3.63, 3.8) is 0 Å². The number of halogens is 1. The molecule has 0 saturated carbocycles. The molecular weight excluding hydrogens is 540 g/mol. The van der Waals surface area contributed by atoms with E-state index in [0.717, 1.165) is 10.5 Å². The Labute approximate surface area is 223 Å². The van der Waals surface area contributed by atoms with E-state index < -0.39 is 17.8 Å². The number of urea groups is 1. The largest absolute Gasteiger partial charge is 0.492 e. The molecule has 8 nitrogen and oxygen atoms in total. The number of amides is 4. The van der Waals surface area contributed by atoms with Crippen LogP contribution in [-0.4, -0.2) is 31.6 Å². The maximum absolute atomic E-state index is 13.3. The van der Waals surface area contributed by atoms with Gasteiger partial charge in [0.15, 0.2) is 11.5 Å². The molecule has 1 heterocycles. The van der Waals surface area contributed by atoms with Crippen LogP contribution >= 0.6 is 15.9 Å². The number of anilines is 1. The van der Waals surface area contributed by atoms with Crippen molar-refractivity contribution in [2.24, 2.45) is 0 Å². The molecule has 0 atom stereocenters. The standard InChI is InChI=1S/C28H25BrN2O6/c1-4-36-24-15-19(14-23(29)25(24)35-3)13-22-26(32)30-28(34)31(27(22)33)20-9-11-21(12-10-20)37-16-18-7-5-17(2)6-8-18/h5-15H,4,16H2,1-3H3,(H,30,32,34)/b22-13+. The lowest BCUT2D eigenvalue weighted by atomic mass is 10.1. The normalized spacial score (nSPS) is 14.5. The molecule has 1 aliphatic heterocycles. The third-order valence-corrected chi connectivity index (χ3v) is 6.16. The van der Waals surface area contributed by atoms with Gasteiger partial charge in [0.05, 0.1) is 23.9 Å². The van der Waals surface area contributed by atoms with Gasteiger partial charge in [0.2, 0.25) is 0 Å². The lowest BCUT2D eigenvalue weighted by Crippen LogP contribution is -2.54. The van der Waals surface area contributed by atoms with Crippen LogP contribution in [0.25, 0.3) is 6.08 Å². The average molecular weight is 565 g/mol. The van der Waals surface area contributed by atoms with Crippen molar-refractivity contribution in [3.8, 4) is 17.2 Å². The summed E-state index contributed by atoms with van der Waals surface area (Å²) in [6.45, 7) is 4.63. The van der Waals surface area contributed by atoms with Gasteiger partial charge < -0.3 is 14.2 Å². The molecule has 3 aromatic rings. The number of aryl methyl sites for hydroxylation is 1. The summed E-state index contributed by atoms with van der Waals surface area (Å²) < 4.78 is 17.4. The second-order valence-corrected chi connectivity index (χ2v) is 9.05. The summed E-state index contributed by atoms with van der Waals surface area (Å²) in [6, 6.07) is 17.0. The highest BCUT2D eigenvalue weighted by Gasteiger charge is 2.37. The highest BCUT2D eigenvalue weighted by molar-refractivity contribution is 9.10. The summed E-state index contributed by atoms with van der Waals surface area (Å²) >= 11 is 3.42. The first-order valence-corrected chi connectivity index (χ1v) is 12.3. The van der Waals surface area contributed by atoms with Crippen LogP contribution in [0.15, 0.2) is 70.7 Å². The maximum Gasteiger partial charge on any atom is 0.335 e. The Morgan fingerprint density at radius 1 is 0.973 bits per heavy atom. The first-order valence-electron chi connectivity index (χ1n) is 11.5. The lowest BCUT2D eigenvalue weighted by molar-refractivity contribution is -0.122. The number of imide groups is 2. The summed E-state index contributed by atoms with van der Waals surface area (Å²) in [5.74, 6) is -0.0114. The molecule has 3 aromatic carbocycles. The van der Waals surface area contributed by atoms with E-state index in [4.69, 9.17) is 14.2 Å². The van der Waals surface area contributed by atoms with Gasteiger partial charge in [-0.2, -0.15) is 0 Å². The average Bonchev–Trinajstić information content (AvgIpc) is 2.87. The molecule has 0 spiro atoms. The van der Waals surface area contributed by atoms with Crippen LogP contribution < -0.4 is 24.4 Å². The van der Waals surface area contributed by atoms with Gasteiger partial charge in [0.25, 0.3) is 11.8 Å². The molecule has 1 aliphatic rings. The topological polar surface area (TPSA) is 94.2 Å². The predicted molar refractivity (Wildman–Crippen MR) is 143 cm³/mol. The van der Waals surface area contributed by atoms with E-state index in [1.807, 2.05) is 38.1 Å². The zero-order valence-electron chi connectivity index (χ0n) is 20.5. The van der Waals surface area contributed by atoms with Crippen molar-refractivity contribution < 1.29 is 28.6 Å². The Balaban J connectivity index is 1.56. The Hall–Kier alpha value is -4.11. The lowest BCUT2D eigenvalue weighted by Gasteiger charge is -2.26. The molecule has 0 aromatic heterocycles. The van der Waals surface area contributed by atoms with Gasteiger partial charge in [0.1, 0.15) is 17.9 Å². The molecule has 190 valence electrons. The molecule has 1 fully saturated rings. The second kappa shape index (κ2) is 11.3. The van der Waals surface area contributed by atoms with Crippen LogP contribution in [-0.2, 0) is 16.2 Å². The van der Waals surface area contributed by atoms with Crippen molar-refractivity contribution in [2.45, 2.75) is 20.5 Å². The summed E-state index contributed by atoms with van der Waals surface area (Å²) in [4.78, 5) is 39.3. The zero-order valence-corrected chi connectivity index (χ0v) is 22.1. The van der Waals surface area contributed by atoms with E-state index >= 15 is 0 Å². The van der Waals surface area contributed by atoms with Crippen LogP contribution in [0.5, 0.6) is 17.2 Å². The summed E-state index contributed by atoms with van der Waals surface area (Å²) in [7, 11) is 1.52. The number of carbonyl (C=O) groups is 3. The molecule has 0 unspecified atom stereocenters. The molecule has 1 N–H and O–H groups in total. The third-order valence-electron chi connectivity index (χ3n) is 5.57. The van der Waals surface area contributed by atoms with Crippen LogP contribution in [0.3, 0.4) is 0 Å². The van der Waals surface area contributed by atoms with Crippen molar-refractivity contribution in [1.29, 1.82) is 0 Å². The maximum atomic E-state index is 13.3. The van der Waals surface area contributed by atoms with Gasteiger partial charge >= 0.3 is 6.03 Å². The van der Waals surface area contributed by atoms with Crippen molar-refractivity contribution in [1.82, 2.24) is 5.32 Å². The molecule has 0 radical (unpaired) electrons. The van der Waals surface area contributed by atoms with E-state index in [2.05, 4.69) is 21.2 Å². The molecule has 0 bridgehead atoms. The highest BCUT2D eigenvalue weighted by Crippen LogP contribution is 2.37. The minimum Gasteiger partial charge on any atom is -0.492 e. The first-order chi connectivity index (χ1) is 17.8. The van der Waals surface area contributed by atoms with Crippen molar-refractivity contribution in [2.75, 3.05) is 18.6 Å². The fraction of sp³-hybridized carbons (Fsp3) is 0.179. The zero-order chi connectivity index (χ0) is 26.5. The summed E-state index contributed by atoms with van der Waals surface area (Å²) in [5.41, 5.74) is 2.81. The van der Waals surface area contributed by atoms with Gasteiger partial charge in [-0.1, -0.05) is 29.8 Å². The minimum absolute atomic E-state index is 0.196. The SMILES string of the molecule is CCOc1cc(/C=C2\C(=O)NC(=O)N(c3ccc(OCc4ccc(C)cc4)cc3)C2=O)cc(Br)c1OC. The number of barbiturate groups is 1. The number of ether oxygens (including phenoxy) is 3.